The first-order valence-corrected chi connectivity index (χ1v) is 7.69. The monoisotopic (exact) mass is 350 g/mol. The lowest BCUT2D eigenvalue weighted by Crippen LogP contribution is -2.24. The number of benzene rings is 2. The smallest absolute Gasteiger partial charge is 0.277 e. The molecule has 0 atom stereocenters. The molecule has 0 fully saturated rings. The second kappa shape index (κ2) is 7.99. The molecule has 120 valence electrons. The Kier molecular flexibility index (Phi) is 6.02. The number of nitrogens with zero attached hydrogens (tertiary/aromatic N) is 1. The predicted molar refractivity (Wildman–Crippen MR) is 93.6 cm³/mol. The Labute approximate surface area is 145 Å². The minimum absolute atomic E-state index is 0.108. The van der Waals surface area contributed by atoms with Gasteiger partial charge < -0.3 is 4.74 Å². The number of halogens is 2. The van der Waals surface area contributed by atoms with Crippen molar-refractivity contribution in [1.29, 1.82) is 0 Å². The van der Waals surface area contributed by atoms with Crippen LogP contribution in [0.15, 0.2) is 41.5 Å². The minimum Gasteiger partial charge on any atom is -0.483 e. The van der Waals surface area contributed by atoms with Crippen LogP contribution in [0.2, 0.25) is 10.0 Å². The quantitative estimate of drug-likeness (QED) is 0.650. The average molecular weight is 351 g/mol. The van der Waals surface area contributed by atoms with Gasteiger partial charge in [0.25, 0.3) is 5.91 Å². The Bertz CT molecular complexity index is 745. The maximum Gasteiger partial charge on any atom is 0.277 e. The number of carbonyl (C=O) groups excluding carboxylic acids is 1. The van der Waals surface area contributed by atoms with Gasteiger partial charge in [-0.25, -0.2) is 5.43 Å². The topological polar surface area (TPSA) is 50.7 Å². The van der Waals surface area contributed by atoms with Gasteiger partial charge in [-0.15, -0.1) is 0 Å². The summed E-state index contributed by atoms with van der Waals surface area (Å²) in [5.74, 6) is 0.343. The maximum atomic E-state index is 11.7. The molecule has 1 N–H and O–H groups in total. The number of amides is 1. The van der Waals surface area contributed by atoms with Crippen LogP contribution in [0.4, 0.5) is 0 Å². The van der Waals surface area contributed by atoms with Gasteiger partial charge in [0.05, 0.1) is 16.3 Å². The molecule has 0 aromatic heterocycles. The zero-order chi connectivity index (χ0) is 16.8. The standard InChI is InChI=1S/C17H16Cl2N2O2/c1-11-4-3-5-16(12(11)2)23-10-17(22)21-20-9-13-6-7-14(18)15(19)8-13/h3-9H,10H2,1-2H3,(H,21,22)/b20-9+. The summed E-state index contributed by atoms with van der Waals surface area (Å²) in [5.41, 5.74) is 5.26. The van der Waals surface area contributed by atoms with Crippen molar-refractivity contribution < 1.29 is 9.53 Å². The predicted octanol–water partition coefficient (Wildman–Crippen LogP) is 4.14. The van der Waals surface area contributed by atoms with E-state index in [9.17, 15) is 4.79 Å². The molecule has 6 heteroatoms. The van der Waals surface area contributed by atoms with Crippen LogP contribution in [0.1, 0.15) is 16.7 Å². The molecular weight excluding hydrogens is 335 g/mol. The van der Waals surface area contributed by atoms with Crippen LogP contribution >= 0.6 is 23.2 Å². The van der Waals surface area contributed by atoms with E-state index in [1.165, 1.54) is 6.21 Å². The Morgan fingerprint density at radius 2 is 2.00 bits per heavy atom. The fraction of sp³-hybridized carbons (Fsp3) is 0.176. The Hall–Kier alpha value is -2.04. The maximum absolute atomic E-state index is 11.7. The van der Waals surface area contributed by atoms with E-state index in [-0.39, 0.29) is 12.5 Å². The highest BCUT2D eigenvalue weighted by molar-refractivity contribution is 6.42. The van der Waals surface area contributed by atoms with Crippen molar-refractivity contribution in [3.05, 3.63) is 63.1 Å². The molecule has 0 radical (unpaired) electrons. The van der Waals surface area contributed by atoms with E-state index in [0.29, 0.717) is 15.8 Å². The molecule has 0 bridgehead atoms. The van der Waals surface area contributed by atoms with Crippen molar-refractivity contribution in [3.63, 3.8) is 0 Å². The summed E-state index contributed by atoms with van der Waals surface area (Å²) in [7, 11) is 0. The molecule has 0 spiro atoms. The molecule has 4 nitrogen and oxygen atoms in total. The van der Waals surface area contributed by atoms with Gasteiger partial charge in [-0.05, 0) is 48.7 Å². The summed E-state index contributed by atoms with van der Waals surface area (Å²) in [5, 5.41) is 4.76. The average Bonchev–Trinajstić information content (AvgIpc) is 2.52. The highest BCUT2D eigenvalue weighted by atomic mass is 35.5. The molecule has 2 aromatic rings. The van der Waals surface area contributed by atoms with Crippen LogP contribution in [0.25, 0.3) is 0 Å². The highest BCUT2D eigenvalue weighted by Crippen LogP contribution is 2.22. The molecule has 0 unspecified atom stereocenters. The molecule has 0 saturated heterocycles. The Morgan fingerprint density at radius 1 is 1.22 bits per heavy atom. The van der Waals surface area contributed by atoms with E-state index in [4.69, 9.17) is 27.9 Å². The lowest BCUT2D eigenvalue weighted by molar-refractivity contribution is -0.123. The SMILES string of the molecule is Cc1cccc(OCC(=O)N/N=C/c2ccc(Cl)c(Cl)c2)c1C. The van der Waals surface area contributed by atoms with Crippen molar-refractivity contribution in [3.8, 4) is 5.75 Å². The summed E-state index contributed by atoms with van der Waals surface area (Å²) in [6.45, 7) is 3.83. The normalized spacial score (nSPS) is 10.8. The van der Waals surface area contributed by atoms with Crippen molar-refractivity contribution in [1.82, 2.24) is 5.43 Å². The van der Waals surface area contributed by atoms with Gasteiger partial charge in [0.1, 0.15) is 5.75 Å². The lowest BCUT2D eigenvalue weighted by Gasteiger charge is -2.09. The summed E-state index contributed by atoms with van der Waals surface area (Å²) >= 11 is 11.7. The zero-order valence-corrected chi connectivity index (χ0v) is 14.3. The van der Waals surface area contributed by atoms with Crippen molar-refractivity contribution in [2.75, 3.05) is 6.61 Å². The minimum atomic E-state index is -0.345. The van der Waals surface area contributed by atoms with Crippen LogP contribution in [0.5, 0.6) is 5.75 Å². The van der Waals surface area contributed by atoms with Crippen molar-refractivity contribution in [2.24, 2.45) is 5.10 Å². The number of aryl methyl sites for hydroxylation is 1. The van der Waals surface area contributed by atoms with E-state index in [1.807, 2.05) is 32.0 Å². The number of carbonyl (C=O) groups is 1. The highest BCUT2D eigenvalue weighted by Gasteiger charge is 2.05. The van der Waals surface area contributed by atoms with Crippen LogP contribution in [0, 0.1) is 13.8 Å². The van der Waals surface area contributed by atoms with Gasteiger partial charge in [-0.2, -0.15) is 5.10 Å². The van der Waals surface area contributed by atoms with Gasteiger partial charge >= 0.3 is 0 Å². The van der Waals surface area contributed by atoms with Crippen LogP contribution in [-0.2, 0) is 4.79 Å². The van der Waals surface area contributed by atoms with E-state index in [2.05, 4.69) is 10.5 Å². The molecule has 1 amide bonds. The molecular formula is C17H16Cl2N2O2. The number of rotatable bonds is 5. The third-order valence-corrected chi connectivity index (χ3v) is 4.00. The molecule has 0 heterocycles. The fourth-order valence-corrected chi connectivity index (χ4v) is 2.13. The number of hydrogen-bond donors (Lipinski definition) is 1. The molecule has 0 saturated carbocycles. The first-order valence-electron chi connectivity index (χ1n) is 6.93. The van der Waals surface area contributed by atoms with E-state index in [1.54, 1.807) is 18.2 Å². The largest absolute Gasteiger partial charge is 0.483 e. The third kappa shape index (κ3) is 4.98. The van der Waals surface area contributed by atoms with Crippen LogP contribution in [-0.4, -0.2) is 18.7 Å². The summed E-state index contributed by atoms with van der Waals surface area (Å²) in [6.07, 6.45) is 1.48. The van der Waals surface area contributed by atoms with Crippen molar-refractivity contribution in [2.45, 2.75) is 13.8 Å². The molecule has 2 aromatic carbocycles. The van der Waals surface area contributed by atoms with Crippen LogP contribution in [0.3, 0.4) is 0 Å². The molecule has 23 heavy (non-hydrogen) atoms. The first-order chi connectivity index (χ1) is 11.0. The van der Waals surface area contributed by atoms with E-state index < -0.39 is 0 Å². The number of hydrazone groups is 1. The summed E-state index contributed by atoms with van der Waals surface area (Å²) in [6, 6.07) is 10.8. The second-order valence-electron chi connectivity index (χ2n) is 4.95. The first kappa shape index (κ1) is 17.3. The fourth-order valence-electron chi connectivity index (χ4n) is 1.83. The second-order valence-corrected chi connectivity index (χ2v) is 5.77. The number of hydrogen-bond acceptors (Lipinski definition) is 3. The van der Waals surface area contributed by atoms with Gasteiger partial charge in [0.15, 0.2) is 6.61 Å². The third-order valence-electron chi connectivity index (χ3n) is 3.26. The van der Waals surface area contributed by atoms with Gasteiger partial charge in [-0.3, -0.25) is 4.79 Å². The Morgan fingerprint density at radius 3 is 2.74 bits per heavy atom. The lowest BCUT2D eigenvalue weighted by atomic mass is 10.1. The molecule has 2 rings (SSSR count). The molecule has 0 aliphatic carbocycles. The number of nitrogens with one attached hydrogen (secondary N) is 1. The summed E-state index contributed by atoms with van der Waals surface area (Å²) < 4.78 is 5.49. The summed E-state index contributed by atoms with van der Waals surface area (Å²) in [4.78, 5) is 11.7. The zero-order valence-electron chi connectivity index (χ0n) is 12.8. The van der Waals surface area contributed by atoms with E-state index in [0.717, 1.165) is 16.7 Å². The van der Waals surface area contributed by atoms with Gasteiger partial charge in [0.2, 0.25) is 0 Å². The van der Waals surface area contributed by atoms with Crippen LogP contribution < -0.4 is 10.2 Å². The molecule has 0 aliphatic rings. The van der Waals surface area contributed by atoms with Gasteiger partial charge in [0, 0.05) is 0 Å². The van der Waals surface area contributed by atoms with E-state index >= 15 is 0 Å². The van der Waals surface area contributed by atoms with Gasteiger partial charge in [-0.1, -0.05) is 41.4 Å². The molecule has 0 aliphatic heterocycles. The number of ether oxygens (including phenoxy) is 1. The Balaban J connectivity index is 1.86. The van der Waals surface area contributed by atoms with Crippen molar-refractivity contribution >= 4 is 35.3 Å².